The van der Waals surface area contributed by atoms with Gasteiger partial charge in [-0.25, -0.2) is 4.39 Å². The van der Waals surface area contributed by atoms with E-state index in [-0.39, 0.29) is 10.9 Å². The van der Waals surface area contributed by atoms with Crippen molar-refractivity contribution in [2.45, 2.75) is 13.0 Å². The Morgan fingerprint density at radius 2 is 1.91 bits per heavy atom. The van der Waals surface area contributed by atoms with Crippen LogP contribution in [0.1, 0.15) is 6.92 Å². The Morgan fingerprint density at radius 1 is 1.23 bits per heavy atom. The number of hydrogen-bond acceptors (Lipinski definition) is 3. The van der Waals surface area contributed by atoms with Gasteiger partial charge in [0.25, 0.3) is 5.91 Å². The third-order valence-electron chi connectivity index (χ3n) is 2.93. The molecule has 0 saturated heterocycles. The molecule has 22 heavy (non-hydrogen) atoms. The molecule has 0 bridgehead atoms. The highest BCUT2D eigenvalue weighted by Gasteiger charge is 2.17. The Hall–Kier alpha value is -2.27. The zero-order valence-electron chi connectivity index (χ0n) is 12.1. The molecule has 0 aliphatic rings. The van der Waals surface area contributed by atoms with E-state index in [0.29, 0.717) is 17.2 Å². The highest BCUT2D eigenvalue weighted by molar-refractivity contribution is 6.31. The van der Waals surface area contributed by atoms with Crippen LogP contribution < -0.4 is 14.8 Å². The molecule has 1 atom stereocenters. The number of hydrogen-bond donors (Lipinski definition) is 1. The van der Waals surface area contributed by atoms with Crippen LogP contribution in [0.25, 0.3) is 0 Å². The number of para-hydroxylation sites is 2. The van der Waals surface area contributed by atoms with E-state index in [4.69, 9.17) is 21.1 Å². The van der Waals surface area contributed by atoms with Gasteiger partial charge in [0, 0.05) is 5.69 Å². The molecule has 116 valence electrons. The van der Waals surface area contributed by atoms with Gasteiger partial charge in [0.15, 0.2) is 17.6 Å². The fourth-order valence-corrected chi connectivity index (χ4v) is 1.96. The molecule has 0 saturated carbocycles. The number of ether oxygens (including phenoxy) is 2. The van der Waals surface area contributed by atoms with E-state index < -0.39 is 11.9 Å². The number of benzene rings is 2. The fourth-order valence-electron chi connectivity index (χ4n) is 1.78. The number of amides is 1. The normalized spacial score (nSPS) is 11.6. The summed E-state index contributed by atoms with van der Waals surface area (Å²) in [4.78, 5) is 12.1. The number of nitrogens with one attached hydrogen (secondary N) is 1. The van der Waals surface area contributed by atoms with Crippen LogP contribution in [0.2, 0.25) is 5.02 Å². The first kappa shape index (κ1) is 16.1. The largest absolute Gasteiger partial charge is 0.493 e. The van der Waals surface area contributed by atoms with Crippen LogP contribution in [0.4, 0.5) is 10.1 Å². The quantitative estimate of drug-likeness (QED) is 0.908. The summed E-state index contributed by atoms with van der Waals surface area (Å²) in [5.41, 5.74) is 0.395. The zero-order valence-corrected chi connectivity index (χ0v) is 12.9. The smallest absolute Gasteiger partial charge is 0.265 e. The molecule has 2 aromatic carbocycles. The Bertz CT molecular complexity index is 678. The van der Waals surface area contributed by atoms with E-state index in [1.54, 1.807) is 31.2 Å². The average Bonchev–Trinajstić information content (AvgIpc) is 2.51. The van der Waals surface area contributed by atoms with Gasteiger partial charge in [-0.3, -0.25) is 4.79 Å². The van der Waals surface area contributed by atoms with Crippen LogP contribution in [-0.4, -0.2) is 19.1 Å². The summed E-state index contributed by atoms with van der Waals surface area (Å²) in [5, 5.41) is 2.55. The van der Waals surface area contributed by atoms with E-state index in [1.165, 1.54) is 25.3 Å². The molecule has 0 aromatic heterocycles. The lowest BCUT2D eigenvalue weighted by molar-refractivity contribution is -0.122. The summed E-state index contributed by atoms with van der Waals surface area (Å²) >= 11 is 5.67. The number of rotatable bonds is 5. The van der Waals surface area contributed by atoms with Gasteiger partial charge in [-0.05, 0) is 37.3 Å². The predicted molar refractivity (Wildman–Crippen MR) is 83.1 cm³/mol. The topological polar surface area (TPSA) is 47.6 Å². The van der Waals surface area contributed by atoms with Crippen molar-refractivity contribution in [3.63, 3.8) is 0 Å². The summed E-state index contributed by atoms with van der Waals surface area (Å²) in [6.45, 7) is 1.60. The molecular weight excluding hydrogens is 309 g/mol. The third-order valence-corrected chi connectivity index (χ3v) is 3.22. The van der Waals surface area contributed by atoms with Gasteiger partial charge in [0.05, 0.1) is 12.1 Å². The Labute approximate surface area is 132 Å². The molecule has 0 heterocycles. The highest BCUT2D eigenvalue weighted by Crippen LogP contribution is 2.27. The highest BCUT2D eigenvalue weighted by atomic mass is 35.5. The molecule has 1 amide bonds. The number of anilines is 1. The minimum Gasteiger partial charge on any atom is -0.493 e. The number of carbonyl (C=O) groups is 1. The van der Waals surface area contributed by atoms with Gasteiger partial charge < -0.3 is 14.8 Å². The maximum atomic E-state index is 13.1. The summed E-state index contributed by atoms with van der Waals surface area (Å²) in [6, 6.07) is 11.0. The monoisotopic (exact) mass is 323 g/mol. The lowest BCUT2D eigenvalue weighted by atomic mass is 10.2. The van der Waals surface area contributed by atoms with Crippen molar-refractivity contribution in [2.24, 2.45) is 0 Å². The van der Waals surface area contributed by atoms with E-state index in [1.807, 2.05) is 0 Å². The number of carbonyl (C=O) groups excluding carboxylic acids is 1. The molecule has 6 heteroatoms. The van der Waals surface area contributed by atoms with Crippen LogP contribution in [0.5, 0.6) is 11.5 Å². The summed E-state index contributed by atoms with van der Waals surface area (Å²) in [5.74, 6) is 0.0725. The molecule has 1 N–H and O–H groups in total. The Balaban J connectivity index is 2.04. The Kier molecular flexibility index (Phi) is 5.22. The van der Waals surface area contributed by atoms with Gasteiger partial charge in [0.2, 0.25) is 0 Å². The van der Waals surface area contributed by atoms with Gasteiger partial charge in [-0.1, -0.05) is 23.7 Å². The molecular formula is C16H15ClFNO3. The first-order valence-corrected chi connectivity index (χ1v) is 6.94. The molecule has 2 aromatic rings. The minimum atomic E-state index is -0.764. The van der Waals surface area contributed by atoms with Crippen molar-refractivity contribution in [1.29, 1.82) is 0 Å². The van der Waals surface area contributed by atoms with Gasteiger partial charge in [-0.2, -0.15) is 0 Å². The molecule has 0 aliphatic heterocycles. The second-order valence-electron chi connectivity index (χ2n) is 4.53. The molecule has 0 aliphatic carbocycles. The minimum absolute atomic E-state index is 0.0592. The van der Waals surface area contributed by atoms with Gasteiger partial charge in [0.1, 0.15) is 5.82 Å². The van der Waals surface area contributed by atoms with Crippen molar-refractivity contribution in [3.8, 4) is 11.5 Å². The third kappa shape index (κ3) is 3.89. The predicted octanol–water partition coefficient (Wildman–Crippen LogP) is 3.89. The van der Waals surface area contributed by atoms with Crippen molar-refractivity contribution < 1.29 is 18.7 Å². The van der Waals surface area contributed by atoms with E-state index >= 15 is 0 Å². The van der Waals surface area contributed by atoms with Crippen LogP contribution >= 0.6 is 11.6 Å². The summed E-state index contributed by atoms with van der Waals surface area (Å²) < 4.78 is 23.8. The van der Waals surface area contributed by atoms with Crippen molar-refractivity contribution in [1.82, 2.24) is 0 Å². The van der Waals surface area contributed by atoms with Crippen LogP contribution in [0.3, 0.4) is 0 Å². The summed E-state index contributed by atoms with van der Waals surface area (Å²) in [7, 11) is 1.52. The Morgan fingerprint density at radius 3 is 2.55 bits per heavy atom. The second kappa shape index (κ2) is 7.13. The van der Waals surface area contributed by atoms with Crippen molar-refractivity contribution >= 4 is 23.2 Å². The van der Waals surface area contributed by atoms with E-state index in [0.717, 1.165) is 0 Å². The van der Waals surface area contributed by atoms with E-state index in [9.17, 15) is 9.18 Å². The lowest BCUT2D eigenvalue weighted by Crippen LogP contribution is -2.30. The number of halogens is 2. The van der Waals surface area contributed by atoms with Crippen molar-refractivity contribution in [2.75, 3.05) is 12.4 Å². The molecule has 0 spiro atoms. The molecule has 4 nitrogen and oxygen atoms in total. The first-order valence-electron chi connectivity index (χ1n) is 6.57. The van der Waals surface area contributed by atoms with E-state index in [2.05, 4.69) is 5.32 Å². The molecule has 0 unspecified atom stereocenters. The molecule has 0 radical (unpaired) electrons. The first-order chi connectivity index (χ1) is 10.5. The van der Waals surface area contributed by atoms with Crippen molar-refractivity contribution in [3.05, 3.63) is 53.3 Å². The standard InChI is InChI=1S/C16H15ClFNO3/c1-10(22-15-6-4-3-5-14(15)21-2)16(20)19-11-7-8-13(18)12(17)9-11/h3-10H,1-2H3,(H,19,20)/t10-/m0/s1. The van der Waals surface area contributed by atoms with Crippen LogP contribution in [0.15, 0.2) is 42.5 Å². The molecule has 2 rings (SSSR count). The summed E-state index contributed by atoms with van der Waals surface area (Å²) in [6.07, 6.45) is -0.764. The maximum absolute atomic E-state index is 13.1. The SMILES string of the molecule is COc1ccccc1O[C@@H](C)C(=O)Nc1ccc(F)c(Cl)c1. The lowest BCUT2D eigenvalue weighted by Gasteiger charge is -2.16. The maximum Gasteiger partial charge on any atom is 0.265 e. The fraction of sp³-hybridized carbons (Fsp3) is 0.188. The zero-order chi connectivity index (χ0) is 16.1. The van der Waals surface area contributed by atoms with Crippen LogP contribution in [0, 0.1) is 5.82 Å². The second-order valence-corrected chi connectivity index (χ2v) is 4.94. The van der Waals surface area contributed by atoms with Crippen LogP contribution in [-0.2, 0) is 4.79 Å². The number of methoxy groups -OCH3 is 1. The average molecular weight is 324 g/mol. The van der Waals surface area contributed by atoms with Gasteiger partial charge in [-0.15, -0.1) is 0 Å². The van der Waals surface area contributed by atoms with Gasteiger partial charge >= 0.3 is 0 Å². The molecule has 0 fully saturated rings.